The van der Waals surface area contributed by atoms with Crippen molar-refractivity contribution in [3.63, 3.8) is 0 Å². The highest BCUT2D eigenvalue weighted by Gasteiger charge is 2.35. The summed E-state index contributed by atoms with van der Waals surface area (Å²) in [7, 11) is 3.03. The lowest BCUT2D eigenvalue weighted by atomic mass is 9.94. The molecule has 5 aromatic rings. The number of methoxy groups -OCH3 is 2. The Balaban J connectivity index is 0.913. The summed E-state index contributed by atoms with van der Waals surface area (Å²) in [5, 5.41) is 10.6. The van der Waals surface area contributed by atoms with Gasteiger partial charge in [0.25, 0.3) is 11.8 Å². The zero-order valence-electron chi connectivity index (χ0n) is 30.3. The van der Waals surface area contributed by atoms with Crippen LogP contribution in [-0.4, -0.2) is 70.4 Å². The molecule has 12 heteroatoms. The van der Waals surface area contributed by atoms with E-state index in [1.54, 1.807) is 24.3 Å². The zero-order chi connectivity index (χ0) is 37.6. The van der Waals surface area contributed by atoms with E-state index in [2.05, 4.69) is 29.2 Å². The molecule has 276 valence electrons. The van der Waals surface area contributed by atoms with Gasteiger partial charge in [0.1, 0.15) is 19.0 Å². The Hall–Kier alpha value is -6.69. The highest BCUT2D eigenvalue weighted by atomic mass is 16.5. The number of amides is 2. The van der Waals surface area contributed by atoms with Crippen molar-refractivity contribution in [3.8, 4) is 28.7 Å². The number of hydrogen-bond acceptors (Lipinski definition) is 10. The van der Waals surface area contributed by atoms with Crippen LogP contribution in [0.2, 0.25) is 0 Å². The first-order valence-electron chi connectivity index (χ1n) is 18.1. The van der Waals surface area contributed by atoms with Gasteiger partial charge in [-0.1, -0.05) is 48.5 Å². The van der Waals surface area contributed by atoms with Crippen molar-refractivity contribution in [1.29, 1.82) is 0 Å². The standard InChI is InChI=1S/C43H37N5O7/c1-52-38-15-34-36(44-19-31-11-25-7-3-5-9-27(25)21-47(31)42(34)50)17-40(38)54-23-29-13-33(49)14-30(46-29)24-55-41-18-37-35(16-39(41)53-2)43(51)48-22-28-10-6-4-8-26(28)12-32(48)20-45-37/h3-10,13-20,31-32H,11-12,21-24H2,1-2H3,(H,46,49)/t31-,32-/m0/s1. The predicted octanol–water partition coefficient (Wildman–Crippen LogP) is 6.53. The first-order chi connectivity index (χ1) is 26.8. The van der Waals surface area contributed by atoms with Gasteiger partial charge in [-0.25, -0.2) is 0 Å². The van der Waals surface area contributed by atoms with E-state index in [-0.39, 0.29) is 42.9 Å². The number of rotatable bonds is 8. The van der Waals surface area contributed by atoms with Crippen molar-refractivity contribution < 1.29 is 33.6 Å². The number of aliphatic imine (C=N–C) groups is 2. The maximum atomic E-state index is 13.8. The van der Waals surface area contributed by atoms with Gasteiger partial charge in [0, 0.05) is 49.8 Å². The number of pyridine rings is 1. The van der Waals surface area contributed by atoms with Gasteiger partial charge in [-0.05, 0) is 47.2 Å². The van der Waals surface area contributed by atoms with Crippen molar-refractivity contribution in [2.45, 2.75) is 51.2 Å². The lowest BCUT2D eigenvalue weighted by Crippen LogP contribution is -2.44. The number of carbonyl (C=O) groups excluding carboxylic acids is 2. The molecule has 0 bridgehead atoms. The number of carbonyl (C=O) groups is 2. The average Bonchev–Trinajstić information content (AvgIpc) is 3.42. The van der Waals surface area contributed by atoms with Gasteiger partial charge < -0.3 is 33.9 Å². The maximum Gasteiger partial charge on any atom is 0.257 e. The molecular formula is C43H37N5O7. The number of hydrogen-bond donors (Lipinski definition) is 1. The Labute approximate surface area is 317 Å². The monoisotopic (exact) mass is 735 g/mol. The van der Waals surface area contributed by atoms with E-state index in [1.165, 1.54) is 37.5 Å². The molecule has 2 atom stereocenters. The summed E-state index contributed by atoms with van der Waals surface area (Å²) in [6.07, 6.45) is 5.03. The van der Waals surface area contributed by atoms with E-state index in [4.69, 9.17) is 28.9 Å². The van der Waals surface area contributed by atoms with Crippen molar-refractivity contribution in [3.05, 3.63) is 130 Å². The molecule has 0 saturated heterocycles. The number of ether oxygens (including phenoxy) is 4. The van der Waals surface area contributed by atoms with E-state index in [1.807, 2.05) is 46.5 Å². The van der Waals surface area contributed by atoms with Crippen LogP contribution in [0, 0.1) is 0 Å². The van der Waals surface area contributed by atoms with Crippen molar-refractivity contribution >= 4 is 35.6 Å². The second kappa shape index (κ2) is 13.9. The Bertz CT molecular complexity index is 2260. The summed E-state index contributed by atoms with van der Waals surface area (Å²) in [6.45, 7) is 0.975. The molecule has 5 heterocycles. The Morgan fingerprint density at radius 1 is 0.618 bits per heavy atom. The quantitative estimate of drug-likeness (QED) is 0.190. The Morgan fingerprint density at radius 2 is 1.05 bits per heavy atom. The van der Waals surface area contributed by atoms with Crippen molar-refractivity contribution in [1.82, 2.24) is 14.8 Å². The first kappa shape index (κ1) is 34.1. The zero-order valence-corrected chi connectivity index (χ0v) is 30.3. The van der Waals surface area contributed by atoms with Gasteiger partial charge in [0.05, 0.1) is 60.2 Å². The molecule has 4 aliphatic heterocycles. The Morgan fingerprint density at radius 3 is 1.49 bits per heavy atom. The Kier molecular flexibility index (Phi) is 8.64. The second-order valence-corrected chi connectivity index (χ2v) is 13.9. The van der Waals surface area contributed by atoms with Crippen LogP contribution in [0.4, 0.5) is 11.4 Å². The van der Waals surface area contributed by atoms with Crippen LogP contribution in [0.5, 0.6) is 28.7 Å². The van der Waals surface area contributed by atoms with E-state index >= 15 is 0 Å². The fourth-order valence-corrected chi connectivity index (χ4v) is 7.73. The smallest absolute Gasteiger partial charge is 0.257 e. The SMILES string of the molecule is COc1cc2c(cc1OCc1cc(O)cc(COc3cc4c(cc3OC)C(=O)N3Cc5ccccc5C[C@H]3C=N4)n1)N=C[C@@H]1Cc3ccccc3CN1C2=O. The molecule has 0 radical (unpaired) electrons. The van der Waals surface area contributed by atoms with E-state index in [0.717, 1.165) is 11.1 Å². The van der Waals surface area contributed by atoms with Crippen molar-refractivity contribution in [2.75, 3.05) is 14.2 Å². The van der Waals surface area contributed by atoms with Gasteiger partial charge >= 0.3 is 0 Å². The molecule has 1 N–H and O–H groups in total. The minimum absolute atomic E-state index is 0.0151. The van der Waals surface area contributed by atoms with Crippen LogP contribution in [0.15, 0.2) is 94.9 Å². The number of benzene rings is 4. The highest BCUT2D eigenvalue weighted by molar-refractivity contribution is 6.04. The molecule has 0 spiro atoms. The molecular weight excluding hydrogens is 699 g/mol. The molecule has 9 rings (SSSR count). The second-order valence-electron chi connectivity index (χ2n) is 13.9. The van der Waals surface area contributed by atoms with Crippen LogP contribution in [0.3, 0.4) is 0 Å². The molecule has 1 aromatic heterocycles. The number of aromatic hydroxyl groups is 1. The number of fused-ring (bicyclic) bond motifs is 6. The number of aromatic nitrogens is 1. The molecule has 4 aliphatic rings. The van der Waals surface area contributed by atoms with Crippen LogP contribution in [0.1, 0.15) is 54.4 Å². The van der Waals surface area contributed by atoms with Crippen LogP contribution >= 0.6 is 0 Å². The van der Waals surface area contributed by atoms with Gasteiger partial charge in [0.2, 0.25) is 0 Å². The molecule has 2 amide bonds. The third-order valence-electron chi connectivity index (χ3n) is 10.6. The lowest BCUT2D eigenvalue weighted by Gasteiger charge is -2.34. The largest absolute Gasteiger partial charge is 0.508 e. The summed E-state index contributed by atoms with van der Waals surface area (Å²) in [5.74, 6) is 1.24. The first-order valence-corrected chi connectivity index (χ1v) is 18.1. The molecule has 0 unspecified atom stereocenters. The summed E-state index contributed by atoms with van der Waals surface area (Å²) < 4.78 is 23.6. The topological polar surface area (TPSA) is 135 Å². The van der Waals surface area contributed by atoms with Crippen LogP contribution in [-0.2, 0) is 39.1 Å². The average molecular weight is 736 g/mol. The molecule has 0 aliphatic carbocycles. The van der Waals surface area contributed by atoms with Crippen molar-refractivity contribution in [2.24, 2.45) is 9.98 Å². The maximum absolute atomic E-state index is 13.8. The van der Waals surface area contributed by atoms with E-state index in [9.17, 15) is 14.7 Å². The third kappa shape index (κ3) is 6.39. The highest BCUT2D eigenvalue weighted by Crippen LogP contribution is 2.40. The van der Waals surface area contributed by atoms with Gasteiger partial charge in [-0.15, -0.1) is 0 Å². The van der Waals surface area contributed by atoms with Crippen LogP contribution in [0.25, 0.3) is 0 Å². The minimum atomic E-state index is -0.163. The van der Waals surface area contributed by atoms with Crippen LogP contribution < -0.4 is 18.9 Å². The predicted molar refractivity (Wildman–Crippen MR) is 204 cm³/mol. The van der Waals surface area contributed by atoms with Gasteiger partial charge in [-0.3, -0.25) is 24.6 Å². The summed E-state index contributed by atoms with van der Waals surface area (Å²) in [5.41, 5.74) is 7.39. The molecule has 12 nitrogen and oxygen atoms in total. The van der Waals surface area contributed by atoms with Gasteiger partial charge in [-0.2, -0.15) is 0 Å². The molecule has 0 fully saturated rings. The molecule has 4 aromatic carbocycles. The minimum Gasteiger partial charge on any atom is -0.508 e. The lowest BCUT2D eigenvalue weighted by molar-refractivity contribution is 0.0696. The summed E-state index contributed by atoms with van der Waals surface area (Å²) >= 11 is 0. The fourth-order valence-electron chi connectivity index (χ4n) is 7.73. The van der Waals surface area contributed by atoms with E-state index in [0.29, 0.717) is 82.8 Å². The summed E-state index contributed by atoms with van der Waals surface area (Å²) in [6, 6.07) is 25.7. The normalized spacial score (nSPS) is 17.8. The summed E-state index contributed by atoms with van der Waals surface area (Å²) in [4.78, 5) is 45.3. The number of nitrogens with zero attached hydrogens (tertiary/aromatic N) is 5. The fraction of sp³-hybridized carbons (Fsp3) is 0.233. The van der Waals surface area contributed by atoms with Gasteiger partial charge in [0.15, 0.2) is 23.0 Å². The third-order valence-corrected chi connectivity index (χ3v) is 10.6. The molecule has 55 heavy (non-hydrogen) atoms. The van der Waals surface area contributed by atoms with E-state index < -0.39 is 0 Å². The molecule has 0 saturated carbocycles.